The molecule has 0 spiro atoms. The van der Waals surface area contributed by atoms with Crippen molar-refractivity contribution < 1.29 is 22.4 Å². The van der Waals surface area contributed by atoms with E-state index in [0.717, 1.165) is 40.7 Å². The number of carbonyl (C=O) groups is 1. The molecule has 0 aliphatic carbocycles. The zero-order valence-corrected chi connectivity index (χ0v) is 14.7. The standard InChI is InChI=1S/C20H18F4N2O/c1-19(2,16-10-25-17-8-7-14(21)9-15(16)17)11-26-18(27)12-3-5-13(6-4-12)20(22,23)24/h3-10,25H,11H2,1-2H3,(H,26,27). The average molecular weight is 378 g/mol. The Morgan fingerprint density at radius 1 is 1.07 bits per heavy atom. The minimum Gasteiger partial charge on any atom is -0.361 e. The van der Waals surface area contributed by atoms with Crippen molar-refractivity contribution in [3.8, 4) is 0 Å². The summed E-state index contributed by atoms with van der Waals surface area (Å²) >= 11 is 0. The number of amides is 1. The predicted octanol–water partition coefficient (Wildman–Crippen LogP) is 5.03. The normalized spacial score (nSPS) is 12.4. The Morgan fingerprint density at radius 2 is 1.74 bits per heavy atom. The lowest BCUT2D eigenvalue weighted by Gasteiger charge is -2.25. The van der Waals surface area contributed by atoms with Crippen molar-refractivity contribution in [1.82, 2.24) is 10.3 Å². The first-order valence-electron chi connectivity index (χ1n) is 8.30. The first-order chi connectivity index (χ1) is 12.6. The molecule has 1 aromatic heterocycles. The van der Waals surface area contributed by atoms with Gasteiger partial charge in [0.25, 0.3) is 5.91 Å². The van der Waals surface area contributed by atoms with Gasteiger partial charge in [-0.25, -0.2) is 4.39 Å². The van der Waals surface area contributed by atoms with Crippen LogP contribution in [0.25, 0.3) is 10.9 Å². The Kier molecular flexibility index (Phi) is 4.71. The molecular formula is C20H18F4N2O. The van der Waals surface area contributed by atoms with Gasteiger partial charge in [0.15, 0.2) is 0 Å². The average Bonchev–Trinajstić information content (AvgIpc) is 3.03. The molecule has 27 heavy (non-hydrogen) atoms. The van der Waals surface area contributed by atoms with Gasteiger partial charge in [-0.15, -0.1) is 0 Å². The largest absolute Gasteiger partial charge is 0.416 e. The van der Waals surface area contributed by atoms with Crippen LogP contribution in [0.1, 0.15) is 35.3 Å². The zero-order chi connectivity index (χ0) is 19.8. The number of alkyl halides is 3. The van der Waals surface area contributed by atoms with Crippen LogP contribution in [0.2, 0.25) is 0 Å². The van der Waals surface area contributed by atoms with Crippen LogP contribution in [0, 0.1) is 5.82 Å². The van der Waals surface area contributed by atoms with E-state index in [1.54, 1.807) is 12.3 Å². The molecule has 0 aliphatic heterocycles. The van der Waals surface area contributed by atoms with Gasteiger partial charge in [-0.1, -0.05) is 13.8 Å². The third-order valence-corrected chi connectivity index (χ3v) is 4.54. The van der Waals surface area contributed by atoms with Crippen LogP contribution in [0.4, 0.5) is 17.6 Å². The van der Waals surface area contributed by atoms with Gasteiger partial charge >= 0.3 is 6.18 Å². The molecule has 3 aromatic rings. The van der Waals surface area contributed by atoms with Crippen LogP contribution < -0.4 is 5.32 Å². The second-order valence-electron chi connectivity index (χ2n) is 7.03. The molecule has 0 saturated heterocycles. The molecule has 0 bridgehead atoms. The van der Waals surface area contributed by atoms with E-state index in [-0.39, 0.29) is 17.9 Å². The molecule has 2 N–H and O–H groups in total. The lowest BCUT2D eigenvalue weighted by atomic mass is 9.84. The van der Waals surface area contributed by atoms with Crippen LogP contribution in [-0.4, -0.2) is 17.4 Å². The maximum Gasteiger partial charge on any atom is 0.416 e. The molecule has 0 radical (unpaired) electrons. The molecular weight excluding hydrogens is 360 g/mol. The molecule has 142 valence electrons. The number of fused-ring (bicyclic) bond motifs is 1. The quantitative estimate of drug-likeness (QED) is 0.614. The SMILES string of the molecule is CC(C)(CNC(=O)c1ccc(C(F)(F)F)cc1)c1c[nH]c2ccc(F)cc12. The Bertz CT molecular complexity index is 972. The van der Waals surface area contributed by atoms with Crippen molar-refractivity contribution in [2.24, 2.45) is 0 Å². The highest BCUT2D eigenvalue weighted by Crippen LogP contribution is 2.31. The number of halogens is 4. The zero-order valence-electron chi connectivity index (χ0n) is 14.7. The van der Waals surface area contributed by atoms with Crippen LogP contribution in [-0.2, 0) is 11.6 Å². The van der Waals surface area contributed by atoms with Gasteiger partial charge in [0.05, 0.1) is 5.56 Å². The topological polar surface area (TPSA) is 44.9 Å². The number of rotatable bonds is 4. The number of aromatic nitrogens is 1. The number of hydrogen-bond donors (Lipinski definition) is 2. The minimum absolute atomic E-state index is 0.142. The molecule has 0 saturated carbocycles. The van der Waals surface area contributed by atoms with Gasteiger partial charge < -0.3 is 10.3 Å². The highest BCUT2D eigenvalue weighted by atomic mass is 19.4. The van der Waals surface area contributed by atoms with E-state index in [2.05, 4.69) is 10.3 Å². The fourth-order valence-corrected chi connectivity index (χ4v) is 2.96. The minimum atomic E-state index is -4.44. The summed E-state index contributed by atoms with van der Waals surface area (Å²) in [6.07, 6.45) is -2.67. The van der Waals surface area contributed by atoms with Crippen LogP contribution in [0.15, 0.2) is 48.7 Å². The van der Waals surface area contributed by atoms with E-state index in [1.165, 1.54) is 12.1 Å². The number of benzene rings is 2. The molecule has 7 heteroatoms. The lowest BCUT2D eigenvalue weighted by molar-refractivity contribution is -0.137. The fraction of sp³-hybridized carbons (Fsp3) is 0.250. The summed E-state index contributed by atoms with van der Waals surface area (Å²) in [7, 11) is 0. The van der Waals surface area contributed by atoms with E-state index in [9.17, 15) is 22.4 Å². The van der Waals surface area contributed by atoms with E-state index in [4.69, 9.17) is 0 Å². The summed E-state index contributed by atoms with van der Waals surface area (Å²) in [5, 5.41) is 3.46. The van der Waals surface area contributed by atoms with Gasteiger partial charge in [-0.05, 0) is 48.0 Å². The van der Waals surface area contributed by atoms with E-state index in [1.807, 2.05) is 13.8 Å². The number of H-pyrrole nitrogens is 1. The Balaban J connectivity index is 1.74. The number of carbonyl (C=O) groups excluding carboxylic acids is 1. The smallest absolute Gasteiger partial charge is 0.361 e. The second-order valence-corrected chi connectivity index (χ2v) is 7.03. The Labute approximate surface area is 153 Å². The van der Waals surface area contributed by atoms with Crippen molar-refractivity contribution in [2.45, 2.75) is 25.4 Å². The highest BCUT2D eigenvalue weighted by Gasteiger charge is 2.30. The number of hydrogen-bond acceptors (Lipinski definition) is 1. The van der Waals surface area contributed by atoms with Gasteiger partial charge in [-0.3, -0.25) is 4.79 Å². The molecule has 1 amide bonds. The summed E-state index contributed by atoms with van der Waals surface area (Å²) in [6.45, 7) is 4.03. The van der Waals surface area contributed by atoms with Crippen LogP contribution in [0.5, 0.6) is 0 Å². The van der Waals surface area contributed by atoms with E-state index < -0.39 is 23.1 Å². The molecule has 3 rings (SSSR count). The summed E-state index contributed by atoms with van der Waals surface area (Å²) < 4.78 is 51.4. The molecule has 0 aliphatic rings. The maximum atomic E-state index is 13.6. The monoisotopic (exact) mass is 378 g/mol. The van der Waals surface area contributed by atoms with Crippen molar-refractivity contribution in [3.63, 3.8) is 0 Å². The molecule has 1 heterocycles. The van der Waals surface area contributed by atoms with Crippen LogP contribution >= 0.6 is 0 Å². The van der Waals surface area contributed by atoms with Gasteiger partial charge in [0, 0.05) is 34.6 Å². The molecule has 0 atom stereocenters. The van der Waals surface area contributed by atoms with Crippen molar-refractivity contribution in [1.29, 1.82) is 0 Å². The lowest BCUT2D eigenvalue weighted by Crippen LogP contribution is -2.36. The molecule has 0 unspecified atom stereocenters. The predicted molar refractivity (Wildman–Crippen MR) is 95.1 cm³/mol. The third kappa shape index (κ3) is 3.97. The Hall–Kier alpha value is -2.83. The molecule has 3 nitrogen and oxygen atoms in total. The summed E-state index contributed by atoms with van der Waals surface area (Å²) in [5.74, 6) is -0.823. The molecule has 0 fully saturated rings. The summed E-state index contributed by atoms with van der Waals surface area (Å²) in [5.41, 5.74) is 0.440. The van der Waals surface area contributed by atoms with Gasteiger partial charge in [0.1, 0.15) is 5.82 Å². The first-order valence-corrected chi connectivity index (χ1v) is 8.30. The molecule has 2 aromatic carbocycles. The Morgan fingerprint density at radius 3 is 2.37 bits per heavy atom. The van der Waals surface area contributed by atoms with Gasteiger partial charge in [-0.2, -0.15) is 13.2 Å². The summed E-state index contributed by atoms with van der Waals surface area (Å²) in [4.78, 5) is 15.4. The van der Waals surface area contributed by atoms with Gasteiger partial charge in [0.2, 0.25) is 0 Å². The third-order valence-electron chi connectivity index (χ3n) is 4.54. The maximum absolute atomic E-state index is 13.6. The highest BCUT2D eigenvalue weighted by molar-refractivity contribution is 5.94. The van der Waals surface area contributed by atoms with Crippen LogP contribution in [0.3, 0.4) is 0 Å². The fourth-order valence-electron chi connectivity index (χ4n) is 2.96. The van der Waals surface area contributed by atoms with Crippen molar-refractivity contribution >= 4 is 16.8 Å². The van der Waals surface area contributed by atoms with E-state index >= 15 is 0 Å². The van der Waals surface area contributed by atoms with E-state index in [0.29, 0.717) is 0 Å². The summed E-state index contributed by atoms with van der Waals surface area (Å²) in [6, 6.07) is 8.48. The first kappa shape index (κ1) is 18.9. The second kappa shape index (κ2) is 6.72. The van der Waals surface area contributed by atoms with Crippen molar-refractivity contribution in [3.05, 3.63) is 71.2 Å². The van der Waals surface area contributed by atoms with Crippen molar-refractivity contribution in [2.75, 3.05) is 6.54 Å². The number of nitrogens with one attached hydrogen (secondary N) is 2. The number of aromatic amines is 1.